The molecule has 1 heteroatoms. The minimum atomic E-state index is 0.190. The van der Waals surface area contributed by atoms with Crippen molar-refractivity contribution in [3.8, 4) is 12.3 Å². The fourth-order valence-corrected chi connectivity index (χ4v) is 1.56. The second-order valence-corrected chi connectivity index (χ2v) is 4.03. The molecule has 0 amide bonds. The van der Waals surface area contributed by atoms with E-state index in [1.165, 1.54) is 0 Å². The first-order valence-electron chi connectivity index (χ1n) is 4.62. The van der Waals surface area contributed by atoms with E-state index < -0.39 is 0 Å². The highest BCUT2D eigenvalue weighted by Gasteiger charge is 2.29. The summed E-state index contributed by atoms with van der Waals surface area (Å²) in [6, 6.07) is 0. The maximum Gasteiger partial charge on any atom is 0.135 e. The molecule has 1 aliphatic carbocycles. The smallest absolute Gasteiger partial charge is 0.135 e. The molecule has 1 fully saturated rings. The highest BCUT2D eigenvalue weighted by atomic mass is 16.1. The molecule has 0 bridgehead atoms. The maximum absolute atomic E-state index is 11.3. The average Bonchev–Trinajstić information content (AvgIpc) is 1.94. The largest absolute Gasteiger partial charge is 0.299 e. The van der Waals surface area contributed by atoms with Gasteiger partial charge in [-0.1, -0.05) is 13.8 Å². The zero-order valence-corrected chi connectivity index (χ0v) is 7.84. The summed E-state index contributed by atoms with van der Waals surface area (Å²) in [4.78, 5) is 11.3. The predicted octanol–water partition coefficient (Wildman–Crippen LogP) is 2.26. The summed E-state index contributed by atoms with van der Waals surface area (Å²) in [5.41, 5.74) is 0. The predicted molar refractivity (Wildman–Crippen MR) is 49.5 cm³/mol. The average molecular weight is 164 g/mol. The van der Waals surface area contributed by atoms with Crippen molar-refractivity contribution in [3.63, 3.8) is 0 Å². The first-order valence-corrected chi connectivity index (χ1v) is 4.62. The van der Waals surface area contributed by atoms with E-state index in [0.29, 0.717) is 17.6 Å². The van der Waals surface area contributed by atoms with E-state index in [0.717, 1.165) is 19.3 Å². The third-order valence-electron chi connectivity index (χ3n) is 2.61. The van der Waals surface area contributed by atoms with Crippen LogP contribution in [0.4, 0.5) is 0 Å². The van der Waals surface area contributed by atoms with Gasteiger partial charge in [-0.05, 0) is 18.8 Å². The van der Waals surface area contributed by atoms with E-state index in [1.54, 1.807) is 0 Å². The summed E-state index contributed by atoms with van der Waals surface area (Å²) in [5, 5.41) is 0. The van der Waals surface area contributed by atoms with Crippen molar-refractivity contribution < 1.29 is 4.79 Å². The Morgan fingerprint density at radius 2 is 2.17 bits per heavy atom. The molecule has 0 heterocycles. The van der Waals surface area contributed by atoms with Crippen molar-refractivity contribution in [3.05, 3.63) is 0 Å². The van der Waals surface area contributed by atoms with Crippen LogP contribution < -0.4 is 0 Å². The Labute approximate surface area is 74.5 Å². The van der Waals surface area contributed by atoms with Crippen molar-refractivity contribution in [2.75, 3.05) is 0 Å². The summed E-state index contributed by atoms with van der Waals surface area (Å²) in [5.74, 6) is 4.33. The van der Waals surface area contributed by atoms with E-state index in [2.05, 4.69) is 5.92 Å². The van der Waals surface area contributed by atoms with E-state index in [1.807, 2.05) is 13.8 Å². The summed E-state index contributed by atoms with van der Waals surface area (Å²) in [6.45, 7) is 3.92. The van der Waals surface area contributed by atoms with Gasteiger partial charge in [-0.3, -0.25) is 4.79 Å². The Morgan fingerprint density at radius 1 is 1.58 bits per heavy atom. The van der Waals surface area contributed by atoms with Gasteiger partial charge in [0.25, 0.3) is 0 Å². The van der Waals surface area contributed by atoms with Crippen molar-refractivity contribution >= 4 is 5.78 Å². The van der Waals surface area contributed by atoms with E-state index in [9.17, 15) is 4.79 Å². The van der Waals surface area contributed by atoms with Gasteiger partial charge < -0.3 is 0 Å². The lowest BCUT2D eigenvalue weighted by Crippen LogP contribution is -2.26. The van der Waals surface area contributed by atoms with Gasteiger partial charge in [0.1, 0.15) is 5.78 Å². The second-order valence-electron chi connectivity index (χ2n) is 4.03. The van der Waals surface area contributed by atoms with Gasteiger partial charge in [0.05, 0.1) is 0 Å². The van der Waals surface area contributed by atoms with Crippen LogP contribution >= 0.6 is 0 Å². The van der Waals surface area contributed by atoms with Gasteiger partial charge in [0, 0.05) is 18.3 Å². The Hall–Kier alpha value is -0.770. The lowest BCUT2D eigenvalue weighted by atomic mass is 9.72. The Kier molecular flexibility index (Phi) is 2.92. The topological polar surface area (TPSA) is 17.1 Å². The maximum atomic E-state index is 11.3. The Morgan fingerprint density at radius 3 is 2.58 bits per heavy atom. The molecule has 0 aromatic carbocycles. The second kappa shape index (κ2) is 3.76. The van der Waals surface area contributed by atoms with Gasteiger partial charge >= 0.3 is 0 Å². The standard InChI is InChI=1S/C11H16O/c1-4-9-5-10(6-9)7-11(12)8(2)3/h1,8-10H,5-7H2,2-3H3. The third kappa shape index (κ3) is 2.11. The SMILES string of the molecule is C#CC1CC(CC(=O)C(C)C)C1. The van der Waals surface area contributed by atoms with Crippen molar-refractivity contribution in [1.29, 1.82) is 0 Å². The van der Waals surface area contributed by atoms with Crippen molar-refractivity contribution in [2.45, 2.75) is 33.1 Å². The first-order chi connectivity index (χ1) is 5.63. The normalized spacial score (nSPS) is 27.8. The van der Waals surface area contributed by atoms with Gasteiger partial charge in [-0.2, -0.15) is 0 Å². The molecule has 12 heavy (non-hydrogen) atoms. The van der Waals surface area contributed by atoms with Crippen LogP contribution in [-0.2, 0) is 4.79 Å². The number of carbonyl (C=O) groups is 1. The van der Waals surface area contributed by atoms with E-state index in [4.69, 9.17) is 6.42 Å². The third-order valence-corrected chi connectivity index (χ3v) is 2.61. The van der Waals surface area contributed by atoms with E-state index >= 15 is 0 Å². The molecule has 1 rings (SSSR count). The quantitative estimate of drug-likeness (QED) is 0.585. The van der Waals surface area contributed by atoms with Crippen molar-refractivity contribution in [1.82, 2.24) is 0 Å². The molecule has 0 aromatic heterocycles. The first kappa shape index (κ1) is 9.32. The number of ketones is 1. The molecule has 0 spiro atoms. The van der Waals surface area contributed by atoms with Gasteiger partial charge in [-0.25, -0.2) is 0 Å². The fraction of sp³-hybridized carbons (Fsp3) is 0.727. The number of terminal acetylenes is 1. The number of hydrogen-bond acceptors (Lipinski definition) is 1. The van der Waals surface area contributed by atoms with E-state index in [-0.39, 0.29) is 5.92 Å². The molecular weight excluding hydrogens is 148 g/mol. The zero-order valence-electron chi connectivity index (χ0n) is 7.84. The van der Waals surface area contributed by atoms with Crippen LogP contribution in [0.15, 0.2) is 0 Å². The lowest BCUT2D eigenvalue weighted by molar-refractivity contribution is -0.123. The summed E-state index contributed by atoms with van der Waals surface area (Å²) in [6.07, 6.45) is 8.13. The highest BCUT2D eigenvalue weighted by molar-refractivity contribution is 5.80. The summed E-state index contributed by atoms with van der Waals surface area (Å²) >= 11 is 0. The molecule has 0 aliphatic heterocycles. The monoisotopic (exact) mass is 164 g/mol. The highest BCUT2D eigenvalue weighted by Crippen LogP contribution is 2.35. The van der Waals surface area contributed by atoms with Crippen LogP contribution in [0.1, 0.15) is 33.1 Å². The molecule has 0 aromatic rings. The number of hydrogen-bond donors (Lipinski definition) is 0. The summed E-state index contributed by atoms with van der Waals surface area (Å²) < 4.78 is 0. The molecule has 0 N–H and O–H groups in total. The van der Waals surface area contributed by atoms with Crippen LogP contribution in [-0.4, -0.2) is 5.78 Å². The molecule has 1 saturated carbocycles. The van der Waals surface area contributed by atoms with Crippen LogP contribution in [0, 0.1) is 30.1 Å². The molecule has 1 aliphatic rings. The minimum Gasteiger partial charge on any atom is -0.299 e. The Balaban J connectivity index is 2.20. The van der Waals surface area contributed by atoms with Crippen LogP contribution in [0.2, 0.25) is 0 Å². The van der Waals surface area contributed by atoms with Gasteiger partial charge in [0.15, 0.2) is 0 Å². The van der Waals surface area contributed by atoms with Crippen molar-refractivity contribution in [2.24, 2.45) is 17.8 Å². The Bertz CT molecular complexity index is 204. The van der Waals surface area contributed by atoms with Crippen LogP contribution in [0.5, 0.6) is 0 Å². The minimum absolute atomic E-state index is 0.190. The molecule has 66 valence electrons. The fourth-order valence-electron chi connectivity index (χ4n) is 1.56. The van der Waals surface area contributed by atoms with Gasteiger partial charge in [-0.15, -0.1) is 12.3 Å². The molecule has 0 unspecified atom stereocenters. The number of Topliss-reactive ketones (excluding diaryl/α,β-unsaturated/α-hetero) is 1. The van der Waals surface area contributed by atoms with Gasteiger partial charge in [0.2, 0.25) is 0 Å². The number of carbonyl (C=O) groups excluding carboxylic acids is 1. The molecular formula is C11H16O. The zero-order chi connectivity index (χ0) is 9.14. The molecule has 0 radical (unpaired) electrons. The molecule has 0 atom stereocenters. The molecule has 0 saturated heterocycles. The summed E-state index contributed by atoms with van der Waals surface area (Å²) in [7, 11) is 0. The lowest BCUT2D eigenvalue weighted by Gasteiger charge is -2.31. The van der Waals surface area contributed by atoms with Crippen LogP contribution in [0.25, 0.3) is 0 Å². The molecule has 1 nitrogen and oxygen atoms in total. The number of rotatable bonds is 3. The van der Waals surface area contributed by atoms with Crippen LogP contribution in [0.3, 0.4) is 0 Å².